The zero-order chi connectivity index (χ0) is 24.1. The van der Waals surface area contributed by atoms with Gasteiger partial charge in [-0.3, -0.25) is 14.4 Å². The van der Waals surface area contributed by atoms with Gasteiger partial charge in [0, 0.05) is 6.42 Å². The number of thioether (sulfide) groups is 1. The highest BCUT2D eigenvalue weighted by Gasteiger charge is 2.26. The predicted molar refractivity (Wildman–Crippen MR) is 125 cm³/mol. The summed E-state index contributed by atoms with van der Waals surface area (Å²) in [6.45, 7) is 3.39. The monoisotopic (exact) mass is 466 g/mol. The van der Waals surface area contributed by atoms with E-state index in [-0.39, 0.29) is 12.3 Å². The highest BCUT2D eigenvalue weighted by Crippen LogP contribution is 2.07. The summed E-state index contributed by atoms with van der Waals surface area (Å²) in [5.41, 5.74) is 6.71. The van der Waals surface area contributed by atoms with E-state index < -0.39 is 48.4 Å². The van der Waals surface area contributed by atoms with E-state index in [0.717, 1.165) is 12.0 Å². The molecule has 3 amide bonds. The van der Waals surface area contributed by atoms with Crippen molar-refractivity contribution < 1.29 is 24.3 Å². The van der Waals surface area contributed by atoms with Crippen LogP contribution in [0.3, 0.4) is 0 Å². The minimum Gasteiger partial charge on any atom is -0.480 e. The van der Waals surface area contributed by atoms with Gasteiger partial charge in [0.25, 0.3) is 0 Å². The fraction of sp³-hybridized carbons (Fsp3) is 0.545. The normalized spacial score (nSPS) is 14.5. The van der Waals surface area contributed by atoms with Crippen LogP contribution in [0.25, 0.3) is 0 Å². The van der Waals surface area contributed by atoms with Crippen LogP contribution in [0.5, 0.6) is 0 Å². The Kier molecular flexibility index (Phi) is 12.4. The Morgan fingerprint density at radius 1 is 1.06 bits per heavy atom. The molecule has 0 heterocycles. The van der Waals surface area contributed by atoms with Crippen molar-refractivity contribution in [1.82, 2.24) is 16.0 Å². The summed E-state index contributed by atoms with van der Waals surface area (Å²) in [6, 6.07) is 6.23. The Morgan fingerprint density at radius 3 is 2.28 bits per heavy atom. The molecule has 0 fully saturated rings. The predicted octanol–water partition coefficient (Wildman–Crippen LogP) is 0.526. The van der Waals surface area contributed by atoms with Crippen LogP contribution in [0.15, 0.2) is 30.3 Å². The zero-order valence-corrected chi connectivity index (χ0v) is 19.6. The zero-order valence-electron chi connectivity index (χ0n) is 18.8. The van der Waals surface area contributed by atoms with Crippen molar-refractivity contribution in [3.8, 4) is 0 Å². The number of hydrogen-bond donors (Lipinski definition) is 5. The number of nitrogens with one attached hydrogen (secondary N) is 3. The molecule has 0 spiro atoms. The fourth-order valence-corrected chi connectivity index (χ4v) is 3.34. The van der Waals surface area contributed by atoms with Crippen LogP contribution in [0.4, 0.5) is 0 Å². The van der Waals surface area contributed by atoms with Gasteiger partial charge >= 0.3 is 5.97 Å². The summed E-state index contributed by atoms with van der Waals surface area (Å²) in [6.07, 6.45) is 3.10. The Balaban J connectivity index is 2.65. The summed E-state index contributed by atoms with van der Waals surface area (Å²) in [7, 11) is 0. The standard InChI is InChI=1S/C22H34N4O5S/c1-4-14(2)19(23)21(29)26-16(10-11-32-3)20(28)24-13-18(27)25-17(22(30)31)12-15-8-6-5-7-9-15/h5-9,14,16-17,19H,4,10-13,23H2,1-3H3,(H,24,28)(H,25,27)(H,26,29)(H,30,31). The molecule has 1 rings (SSSR count). The van der Waals surface area contributed by atoms with E-state index in [9.17, 15) is 24.3 Å². The number of carbonyl (C=O) groups excluding carboxylic acids is 3. The molecule has 4 atom stereocenters. The third-order valence-electron chi connectivity index (χ3n) is 5.14. The van der Waals surface area contributed by atoms with Crippen LogP contribution in [-0.4, -0.2) is 65.5 Å². The number of carbonyl (C=O) groups is 4. The molecular weight excluding hydrogens is 432 g/mol. The minimum absolute atomic E-state index is 0.0393. The van der Waals surface area contributed by atoms with Gasteiger partial charge in [-0.05, 0) is 29.9 Å². The minimum atomic E-state index is -1.17. The molecule has 6 N–H and O–H groups in total. The molecule has 0 aliphatic heterocycles. The van der Waals surface area contributed by atoms with Crippen molar-refractivity contribution in [3.63, 3.8) is 0 Å². The quantitative estimate of drug-likeness (QED) is 0.268. The van der Waals surface area contributed by atoms with Crippen molar-refractivity contribution in [2.45, 2.75) is 51.2 Å². The SMILES string of the molecule is CCC(C)C(N)C(=O)NC(CCSC)C(=O)NCC(=O)NC(Cc1ccccc1)C(=O)O. The van der Waals surface area contributed by atoms with Gasteiger partial charge in [0.1, 0.15) is 12.1 Å². The molecule has 10 heteroatoms. The maximum atomic E-state index is 12.6. The molecule has 0 aliphatic rings. The van der Waals surface area contributed by atoms with Gasteiger partial charge < -0.3 is 26.8 Å². The second-order valence-electron chi connectivity index (χ2n) is 7.62. The van der Waals surface area contributed by atoms with Crippen LogP contribution in [0.2, 0.25) is 0 Å². The number of carboxylic acid groups (broad SMARTS) is 1. The molecule has 0 aliphatic carbocycles. The van der Waals surface area contributed by atoms with E-state index in [1.54, 1.807) is 24.3 Å². The Labute approximate surface area is 193 Å². The number of nitrogens with two attached hydrogens (primary N) is 1. The molecule has 32 heavy (non-hydrogen) atoms. The van der Waals surface area contributed by atoms with Crippen molar-refractivity contribution in [2.24, 2.45) is 11.7 Å². The lowest BCUT2D eigenvalue weighted by Gasteiger charge is -2.23. The Bertz CT molecular complexity index is 762. The molecule has 0 bridgehead atoms. The Morgan fingerprint density at radius 2 is 1.72 bits per heavy atom. The van der Waals surface area contributed by atoms with Crippen molar-refractivity contribution in [1.29, 1.82) is 0 Å². The van der Waals surface area contributed by atoms with E-state index in [1.165, 1.54) is 11.8 Å². The smallest absolute Gasteiger partial charge is 0.326 e. The van der Waals surface area contributed by atoms with Crippen molar-refractivity contribution >= 4 is 35.5 Å². The summed E-state index contributed by atoms with van der Waals surface area (Å²) >= 11 is 1.52. The highest BCUT2D eigenvalue weighted by atomic mass is 32.2. The summed E-state index contributed by atoms with van der Waals surface area (Å²) in [4.78, 5) is 48.7. The van der Waals surface area contributed by atoms with Crippen LogP contribution in [0.1, 0.15) is 32.3 Å². The number of aliphatic carboxylic acids is 1. The second kappa shape index (κ2) is 14.5. The molecule has 0 radical (unpaired) electrons. The molecule has 1 aromatic rings. The molecular formula is C22H34N4O5S. The summed E-state index contributed by atoms with van der Waals surface area (Å²) < 4.78 is 0. The van der Waals surface area contributed by atoms with E-state index in [1.807, 2.05) is 26.2 Å². The summed E-state index contributed by atoms with van der Waals surface area (Å²) in [5, 5.41) is 17.0. The maximum Gasteiger partial charge on any atom is 0.326 e. The average Bonchev–Trinajstić information content (AvgIpc) is 2.79. The fourth-order valence-electron chi connectivity index (χ4n) is 2.87. The van der Waals surface area contributed by atoms with Gasteiger partial charge in [0.2, 0.25) is 17.7 Å². The van der Waals surface area contributed by atoms with Crippen molar-refractivity contribution in [2.75, 3.05) is 18.6 Å². The highest BCUT2D eigenvalue weighted by molar-refractivity contribution is 7.98. The van der Waals surface area contributed by atoms with E-state index in [0.29, 0.717) is 12.2 Å². The van der Waals surface area contributed by atoms with Gasteiger partial charge in [0.15, 0.2) is 0 Å². The third-order valence-corrected chi connectivity index (χ3v) is 5.79. The van der Waals surface area contributed by atoms with Crippen LogP contribution in [-0.2, 0) is 25.6 Å². The maximum absolute atomic E-state index is 12.6. The average molecular weight is 467 g/mol. The van der Waals surface area contributed by atoms with Gasteiger partial charge in [-0.25, -0.2) is 4.79 Å². The first-order valence-electron chi connectivity index (χ1n) is 10.6. The van der Waals surface area contributed by atoms with Gasteiger partial charge in [-0.1, -0.05) is 50.6 Å². The lowest BCUT2D eigenvalue weighted by Crippen LogP contribution is -2.54. The lowest BCUT2D eigenvalue weighted by molar-refractivity contribution is -0.141. The largest absolute Gasteiger partial charge is 0.480 e. The van der Waals surface area contributed by atoms with Crippen LogP contribution < -0.4 is 21.7 Å². The molecule has 1 aromatic carbocycles. The molecule has 9 nitrogen and oxygen atoms in total. The number of rotatable bonds is 14. The van der Waals surface area contributed by atoms with Crippen LogP contribution >= 0.6 is 11.8 Å². The van der Waals surface area contributed by atoms with Crippen molar-refractivity contribution in [3.05, 3.63) is 35.9 Å². The molecule has 0 aromatic heterocycles. The van der Waals surface area contributed by atoms with Gasteiger partial charge in [-0.15, -0.1) is 0 Å². The van der Waals surface area contributed by atoms with E-state index >= 15 is 0 Å². The first kappa shape index (κ1) is 27.4. The van der Waals surface area contributed by atoms with Gasteiger partial charge in [-0.2, -0.15) is 11.8 Å². The van der Waals surface area contributed by atoms with Crippen LogP contribution in [0, 0.1) is 5.92 Å². The summed E-state index contributed by atoms with van der Waals surface area (Å²) in [5.74, 6) is -2.15. The first-order chi connectivity index (χ1) is 15.2. The Hall–Kier alpha value is -2.59. The number of amides is 3. The molecule has 0 saturated carbocycles. The van der Waals surface area contributed by atoms with E-state index in [2.05, 4.69) is 16.0 Å². The first-order valence-corrected chi connectivity index (χ1v) is 12.0. The third kappa shape index (κ3) is 9.69. The molecule has 4 unspecified atom stereocenters. The lowest BCUT2D eigenvalue weighted by atomic mass is 9.99. The molecule has 0 saturated heterocycles. The topological polar surface area (TPSA) is 151 Å². The number of carboxylic acids is 1. The molecule has 178 valence electrons. The number of hydrogen-bond acceptors (Lipinski definition) is 6. The van der Waals surface area contributed by atoms with E-state index in [4.69, 9.17) is 5.73 Å². The van der Waals surface area contributed by atoms with Gasteiger partial charge in [0.05, 0.1) is 12.6 Å². The number of benzene rings is 1. The second-order valence-corrected chi connectivity index (χ2v) is 8.61.